The molecular formula is C26H27IO6. The van der Waals surface area contributed by atoms with Gasteiger partial charge in [-0.15, -0.1) is 0 Å². The van der Waals surface area contributed by atoms with Gasteiger partial charge in [-0.25, -0.2) is 0 Å². The largest absolute Gasteiger partial charge is 0.497 e. The van der Waals surface area contributed by atoms with Crippen LogP contribution in [0.15, 0.2) is 78.9 Å². The van der Waals surface area contributed by atoms with Crippen LogP contribution in [0.4, 0.5) is 0 Å². The van der Waals surface area contributed by atoms with Crippen LogP contribution in [-0.4, -0.2) is 51.6 Å². The van der Waals surface area contributed by atoms with Gasteiger partial charge in [-0.05, 0) is 63.5 Å². The molecule has 0 aliphatic carbocycles. The molecule has 3 aromatic rings. The maximum absolute atomic E-state index is 11.7. The van der Waals surface area contributed by atoms with E-state index in [9.17, 15) is 20.1 Å². The molecule has 33 heavy (non-hydrogen) atoms. The lowest BCUT2D eigenvalue weighted by atomic mass is 9.64. The van der Waals surface area contributed by atoms with E-state index >= 15 is 0 Å². The number of methoxy groups -OCH3 is 2. The number of carbonyl (C=O) groups is 1. The van der Waals surface area contributed by atoms with E-state index in [1.807, 2.05) is 54.6 Å². The molecule has 3 aromatic carbocycles. The molecule has 0 radical (unpaired) electrons. The second-order valence-electron chi connectivity index (χ2n) is 7.69. The minimum Gasteiger partial charge on any atom is -0.497 e. The molecule has 3 N–H and O–H groups in total. The summed E-state index contributed by atoms with van der Waals surface area (Å²) in [5.41, 5.74) is 0.799. The van der Waals surface area contributed by atoms with E-state index in [-0.39, 0.29) is 10.2 Å². The molecule has 174 valence electrons. The number of ether oxygens (including phenoxy) is 2. The molecule has 0 bridgehead atoms. The fourth-order valence-corrected chi connectivity index (χ4v) is 4.62. The van der Waals surface area contributed by atoms with Crippen LogP contribution in [0.5, 0.6) is 11.5 Å². The highest BCUT2D eigenvalue weighted by Crippen LogP contribution is 2.44. The Hall–Kier alpha value is -2.46. The Morgan fingerprint density at radius 3 is 1.61 bits per heavy atom. The fourth-order valence-electron chi connectivity index (χ4n) is 4.17. The molecule has 0 spiro atoms. The average Bonchev–Trinajstić information content (AvgIpc) is 2.85. The van der Waals surface area contributed by atoms with Gasteiger partial charge in [0.15, 0.2) is 3.79 Å². The van der Waals surface area contributed by atoms with Gasteiger partial charge in [-0.1, -0.05) is 54.6 Å². The Balaban J connectivity index is 2.30. The van der Waals surface area contributed by atoms with Crippen molar-refractivity contribution in [2.24, 2.45) is 0 Å². The lowest BCUT2D eigenvalue weighted by Crippen LogP contribution is -2.52. The first-order valence-electron chi connectivity index (χ1n) is 10.4. The van der Waals surface area contributed by atoms with Gasteiger partial charge in [0.25, 0.3) is 0 Å². The van der Waals surface area contributed by atoms with Gasteiger partial charge in [-0.3, -0.25) is 4.79 Å². The summed E-state index contributed by atoms with van der Waals surface area (Å²) in [5, 5.41) is 33.3. The Labute approximate surface area is 206 Å². The highest BCUT2D eigenvalue weighted by atomic mass is 127. The molecule has 0 aliphatic heterocycles. The Morgan fingerprint density at radius 1 is 0.788 bits per heavy atom. The highest BCUT2D eigenvalue weighted by molar-refractivity contribution is 14.1. The van der Waals surface area contributed by atoms with Crippen molar-refractivity contribution in [2.45, 2.75) is 30.1 Å². The molecule has 6 nitrogen and oxygen atoms in total. The number of aliphatic hydroxyl groups is 3. The zero-order chi connectivity index (χ0) is 24.0. The quantitative estimate of drug-likeness (QED) is 0.199. The summed E-state index contributed by atoms with van der Waals surface area (Å²) in [6, 6.07) is 23.7. The molecule has 3 atom stereocenters. The molecule has 0 saturated heterocycles. The van der Waals surface area contributed by atoms with E-state index in [1.54, 1.807) is 61.1 Å². The summed E-state index contributed by atoms with van der Waals surface area (Å²) in [7, 11) is 3.14. The molecular weight excluding hydrogens is 535 g/mol. The molecule has 0 fully saturated rings. The van der Waals surface area contributed by atoms with Crippen LogP contribution in [0.25, 0.3) is 0 Å². The third-order valence-corrected chi connectivity index (χ3v) is 6.29. The number of halogens is 1. The lowest BCUT2D eigenvalue weighted by molar-refractivity contribution is -0.117. The van der Waals surface area contributed by atoms with Gasteiger partial charge < -0.3 is 24.8 Å². The number of hydrogen-bond donors (Lipinski definition) is 3. The molecule has 0 saturated carbocycles. The van der Waals surface area contributed by atoms with Crippen molar-refractivity contribution < 1.29 is 29.6 Å². The van der Waals surface area contributed by atoms with Crippen molar-refractivity contribution in [3.63, 3.8) is 0 Å². The van der Waals surface area contributed by atoms with Crippen LogP contribution in [0, 0.1) is 0 Å². The van der Waals surface area contributed by atoms with Crippen LogP contribution in [0.1, 0.15) is 23.1 Å². The van der Waals surface area contributed by atoms with E-state index in [0.29, 0.717) is 28.2 Å². The van der Waals surface area contributed by atoms with Crippen molar-refractivity contribution in [3.05, 3.63) is 95.6 Å². The normalized spacial score (nSPS) is 14.2. The first kappa shape index (κ1) is 25.2. The smallest absolute Gasteiger partial charge is 0.195 e. The molecule has 3 rings (SSSR count). The summed E-state index contributed by atoms with van der Waals surface area (Å²) in [5.74, 6) is 1.28. The third kappa shape index (κ3) is 5.22. The summed E-state index contributed by atoms with van der Waals surface area (Å²) < 4.78 is 10.3. The van der Waals surface area contributed by atoms with Gasteiger partial charge in [0.05, 0.1) is 25.7 Å². The SMILES string of the molecule is COc1ccc(C(c2ccccc2)(c2ccc(OC)cc2)C(O)[C@@H](O)[C@@H](O)CC(=O)I)cc1. The molecule has 0 heterocycles. The molecule has 7 heteroatoms. The Bertz CT molecular complexity index is 989. The summed E-state index contributed by atoms with van der Waals surface area (Å²) in [6.45, 7) is 0. The average molecular weight is 562 g/mol. The Kier molecular flexibility index (Phi) is 8.47. The van der Waals surface area contributed by atoms with Gasteiger partial charge in [0, 0.05) is 6.42 Å². The predicted octanol–water partition coefficient (Wildman–Crippen LogP) is 3.47. The molecule has 0 aliphatic rings. The molecule has 0 amide bonds. The minimum atomic E-state index is -1.60. The van der Waals surface area contributed by atoms with Gasteiger partial charge in [0.1, 0.15) is 23.7 Å². The van der Waals surface area contributed by atoms with Crippen LogP contribution in [0.3, 0.4) is 0 Å². The van der Waals surface area contributed by atoms with Gasteiger partial charge in [-0.2, -0.15) is 0 Å². The fraction of sp³-hybridized carbons (Fsp3) is 0.269. The minimum absolute atomic E-state index is 0.283. The monoisotopic (exact) mass is 562 g/mol. The zero-order valence-electron chi connectivity index (χ0n) is 18.4. The van der Waals surface area contributed by atoms with Crippen molar-refractivity contribution in [3.8, 4) is 11.5 Å². The topological polar surface area (TPSA) is 96.2 Å². The standard InChI is InChI=1S/C26H27IO6/c1-32-20-12-8-18(9-13-20)26(17-6-4-3-5-7-17,19-10-14-21(33-2)15-11-19)25(31)24(30)22(28)16-23(27)29/h3-15,22,24-25,28,30-31H,16H2,1-2H3/t22-,24-,25?/m0/s1. The van der Waals surface area contributed by atoms with Crippen LogP contribution < -0.4 is 9.47 Å². The van der Waals surface area contributed by atoms with Crippen molar-refractivity contribution in [2.75, 3.05) is 14.2 Å². The number of rotatable bonds is 10. The summed E-state index contributed by atoms with van der Waals surface area (Å²) in [4.78, 5) is 11.6. The number of hydrogen-bond acceptors (Lipinski definition) is 6. The number of aliphatic hydroxyl groups excluding tert-OH is 3. The predicted molar refractivity (Wildman–Crippen MR) is 134 cm³/mol. The molecule has 1 unspecified atom stereocenters. The van der Waals surface area contributed by atoms with Crippen LogP contribution in [-0.2, 0) is 10.2 Å². The maximum atomic E-state index is 11.7. The van der Waals surface area contributed by atoms with Crippen molar-refractivity contribution in [1.29, 1.82) is 0 Å². The third-order valence-electron chi connectivity index (χ3n) is 5.85. The maximum Gasteiger partial charge on any atom is 0.195 e. The lowest BCUT2D eigenvalue weighted by Gasteiger charge is -2.42. The van der Waals surface area contributed by atoms with E-state index in [2.05, 4.69) is 0 Å². The van der Waals surface area contributed by atoms with E-state index < -0.39 is 23.7 Å². The Morgan fingerprint density at radius 2 is 1.21 bits per heavy atom. The summed E-state index contributed by atoms with van der Waals surface area (Å²) in [6.07, 6.45) is -4.82. The van der Waals surface area contributed by atoms with Gasteiger partial charge >= 0.3 is 0 Å². The second kappa shape index (κ2) is 11.1. The highest BCUT2D eigenvalue weighted by Gasteiger charge is 2.48. The number of carbonyl (C=O) groups excluding carboxylic acids is 1. The van der Waals surface area contributed by atoms with E-state index in [0.717, 1.165) is 0 Å². The van der Waals surface area contributed by atoms with E-state index in [4.69, 9.17) is 9.47 Å². The molecule has 0 aromatic heterocycles. The van der Waals surface area contributed by atoms with Crippen molar-refractivity contribution >= 4 is 26.4 Å². The van der Waals surface area contributed by atoms with Crippen LogP contribution >= 0.6 is 22.6 Å². The van der Waals surface area contributed by atoms with Crippen molar-refractivity contribution in [1.82, 2.24) is 0 Å². The summed E-state index contributed by atoms with van der Waals surface area (Å²) >= 11 is 1.57. The first-order valence-corrected chi connectivity index (χ1v) is 11.5. The zero-order valence-corrected chi connectivity index (χ0v) is 20.5. The number of benzene rings is 3. The first-order chi connectivity index (χ1) is 15.8. The van der Waals surface area contributed by atoms with Gasteiger partial charge in [0.2, 0.25) is 0 Å². The second-order valence-corrected chi connectivity index (χ2v) is 8.90. The van der Waals surface area contributed by atoms with Crippen LogP contribution in [0.2, 0.25) is 0 Å². The van der Waals surface area contributed by atoms with E-state index in [1.165, 1.54) is 0 Å².